The highest BCUT2D eigenvalue weighted by Gasteiger charge is 2.18. The van der Waals surface area contributed by atoms with Crippen LogP contribution >= 0.6 is 0 Å². The summed E-state index contributed by atoms with van der Waals surface area (Å²) in [6.07, 6.45) is 2.94. The van der Waals surface area contributed by atoms with Crippen molar-refractivity contribution >= 4 is 20.9 Å². The molecule has 0 aliphatic heterocycles. The fraction of sp³-hybridized carbons (Fsp3) is 0.176. The Morgan fingerprint density at radius 2 is 2.04 bits per heavy atom. The van der Waals surface area contributed by atoms with Crippen LogP contribution in [0, 0.1) is 0 Å². The zero-order valence-corrected chi connectivity index (χ0v) is 15.3. The van der Waals surface area contributed by atoms with E-state index >= 15 is 0 Å². The molecule has 0 fully saturated rings. The average molecular weight is 385 g/mol. The summed E-state index contributed by atoms with van der Waals surface area (Å²) in [4.78, 5) is 8.32. The molecule has 0 saturated carbocycles. The van der Waals surface area contributed by atoms with E-state index in [-0.39, 0.29) is 5.16 Å². The summed E-state index contributed by atoms with van der Waals surface area (Å²) in [6.45, 7) is 0. The minimum Gasteiger partial charge on any atom is -0.497 e. The monoisotopic (exact) mass is 385 g/mol. The molecule has 0 unspecified atom stereocenters. The van der Waals surface area contributed by atoms with Gasteiger partial charge >= 0.3 is 0 Å². The molecule has 0 spiro atoms. The maximum Gasteiger partial charge on any atom is 0.249 e. The van der Waals surface area contributed by atoms with E-state index in [1.54, 1.807) is 49.8 Å². The molecule has 4 rings (SSSR count). The molecule has 138 valence electrons. The van der Waals surface area contributed by atoms with Crippen molar-refractivity contribution in [1.29, 1.82) is 0 Å². The van der Waals surface area contributed by atoms with E-state index in [0.29, 0.717) is 40.5 Å². The molecule has 4 aromatic rings. The topological polar surface area (TPSA) is 113 Å². The average Bonchev–Trinajstić information content (AvgIpc) is 3.29. The second-order valence-electron chi connectivity index (χ2n) is 5.88. The summed E-state index contributed by atoms with van der Waals surface area (Å²) in [6, 6.07) is 10.5. The van der Waals surface area contributed by atoms with Crippen molar-refractivity contribution in [3.63, 3.8) is 0 Å². The van der Waals surface area contributed by atoms with Crippen molar-refractivity contribution in [2.75, 3.05) is 13.4 Å². The number of furan rings is 1. The van der Waals surface area contributed by atoms with Crippen LogP contribution in [0.5, 0.6) is 5.75 Å². The van der Waals surface area contributed by atoms with Crippen LogP contribution in [-0.4, -0.2) is 46.7 Å². The number of nitrogens with zero attached hydrogens (tertiary/aromatic N) is 5. The van der Waals surface area contributed by atoms with Crippen molar-refractivity contribution in [2.24, 2.45) is 0 Å². The van der Waals surface area contributed by atoms with Gasteiger partial charge in [-0.1, -0.05) is 5.21 Å². The first kappa shape index (κ1) is 17.2. The first-order valence-corrected chi connectivity index (χ1v) is 9.83. The largest absolute Gasteiger partial charge is 0.497 e. The number of benzene rings is 1. The van der Waals surface area contributed by atoms with Crippen LogP contribution in [0.2, 0.25) is 0 Å². The lowest BCUT2D eigenvalue weighted by Gasteiger charge is -2.07. The number of hydrogen-bond donors (Lipinski definition) is 0. The summed E-state index contributed by atoms with van der Waals surface area (Å²) in [5.74, 6) is 1.61. The Labute approximate surface area is 154 Å². The minimum atomic E-state index is -3.62. The third-order valence-corrected chi connectivity index (χ3v) is 4.73. The van der Waals surface area contributed by atoms with E-state index in [1.165, 1.54) is 4.68 Å². The first-order valence-electron chi connectivity index (χ1n) is 7.94. The highest BCUT2D eigenvalue weighted by atomic mass is 32.2. The lowest BCUT2D eigenvalue weighted by Crippen LogP contribution is -2.11. The van der Waals surface area contributed by atoms with E-state index in [2.05, 4.69) is 20.3 Å². The Hall–Kier alpha value is -3.27. The standard InChI is InChI=1S/C17H15N5O4S/c1-25-12-5-6-15-14(10-12)20-21-22(15)16-9-11(8-13-4-3-7-26-13)18-17(19-16)27(2,23)24/h3-7,9-10H,8H2,1-2H3. The Balaban J connectivity index is 1.86. The van der Waals surface area contributed by atoms with Crippen LogP contribution in [0.25, 0.3) is 16.9 Å². The molecule has 0 bridgehead atoms. The number of aromatic nitrogens is 5. The molecular formula is C17H15N5O4S. The van der Waals surface area contributed by atoms with Crippen LogP contribution in [-0.2, 0) is 16.3 Å². The predicted octanol–water partition coefficient (Wildman–Crippen LogP) is 1.81. The Kier molecular flexibility index (Phi) is 4.11. The van der Waals surface area contributed by atoms with Crippen molar-refractivity contribution in [2.45, 2.75) is 11.6 Å². The molecule has 0 aliphatic rings. The van der Waals surface area contributed by atoms with Gasteiger partial charge in [0, 0.05) is 24.8 Å². The van der Waals surface area contributed by atoms with Crippen molar-refractivity contribution in [3.8, 4) is 11.6 Å². The number of rotatable bonds is 5. The third-order valence-electron chi connectivity index (χ3n) is 3.88. The van der Waals surface area contributed by atoms with Crippen LogP contribution in [0.15, 0.2) is 52.2 Å². The molecule has 0 N–H and O–H groups in total. The number of fused-ring (bicyclic) bond motifs is 1. The Bertz CT molecular complexity index is 1220. The van der Waals surface area contributed by atoms with Gasteiger partial charge in [0.15, 0.2) is 5.82 Å². The van der Waals surface area contributed by atoms with Gasteiger partial charge in [-0.25, -0.2) is 13.4 Å². The van der Waals surface area contributed by atoms with E-state index in [4.69, 9.17) is 9.15 Å². The van der Waals surface area contributed by atoms with Gasteiger partial charge < -0.3 is 9.15 Å². The lowest BCUT2D eigenvalue weighted by atomic mass is 10.2. The Morgan fingerprint density at radius 1 is 1.19 bits per heavy atom. The summed E-state index contributed by atoms with van der Waals surface area (Å²) < 4.78 is 36.1. The van der Waals surface area contributed by atoms with E-state index in [1.807, 2.05) is 0 Å². The first-order chi connectivity index (χ1) is 12.9. The molecule has 27 heavy (non-hydrogen) atoms. The fourth-order valence-corrected chi connectivity index (χ4v) is 3.16. The van der Waals surface area contributed by atoms with E-state index in [0.717, 1.165) is 6.26 Å². The van der Waals surface area contributed by atoms with Crippen molar-refractivity contribution < 1.29 is 17.6 Å². The van der Waals surface area contributed by atoms with Gasteiger partial charge in [0.05, 0.1) is 24.6 Å². The smallest absolute Gasteiger partial charge is 0.249 e. The van der Waals surface area contributed by atoms with Gasteiger partial charge in [-0.05, 0) is 24.3 Å². The number of methoxy groups -OCH3 is 1. The molecule has 0 radical (unpaired) electrons. The van der Waals surface area contributed by atoms with Gasteiger partial charge in [0.25, 0.3) is 0 Å². The van der Waals surface area contributed by atoms with Gasteiger partial charge in [-0.3, -0.25) is 0 Å². The van der Waals surface area contributed by atoms with Gasteiger partial charge in [0.2, 0.25) is 15.0 Å². The van der Waals surface area contributed by atoms with E-state index < -0.39 is 9.84 Å². The molecule has 0 aliphatic carbocycles. The summed E-state index contributed by atoms with van der Waals surface area (Å²) in [7, 11) is -2.05. The second-order valence-corrected chi connectivity index (χ2v) is 7.79. The van der Waals surface area contributed by atoms with Gasteiger partial charge in [-0.15, -0.1) is 5.10 Å². The van der Waals surface area contributed by atoms with Crippen LogP contribution in [0.4, 0.5) is 0 Å². The second kappa shape index (κ2) is 6.47. The molecule has 0 amide bonds. The maximum atomic E-state index is 12.0. The quantitative estimate of drug-likeness (QED) is 0.478. The number of sulfone groups is 1. The molecule has 3 aromatic heterocycles. The molecule has 0 saturated heterocycles. The van der Waals surface area contributed by atoms with Crippen LogP contribution in [0.3, 0.4) is 0 Å². The fourth-order valence-electron chi connectivity index (χ4n) is 2.62. The summed E-state index contributed by atoms with van der Waals surface area (Å²) >= 11 is 0. The van der Waals surface area contributed by atoms with Gasteiger partial charge in [-0.2, -0.15) is 9.67 Å². The zero-order chi connectivity index (χ0) is 19.0. The highest BCUT2D eigenvalue weighted by molar-refractivity contribution is 7.90. The van der Waals surface area contributed by atoms with E-state index in [9.17, 15) is 8.42 Å². The normalized spacial score (nSPS) is 11.8. The molecule has 10 heteroatoms. The summed E-state index contributed by atoms with van der Waals surface area (Å²) in [5.41, 5.74) is 1.76. The number of ether oxygens (including phenoxy) is 1. The maximum absolute atomic E-state index is 12.0. The van der Waals surface area contributed by atoms with Crippen LogP contribution < -0.4 is 4.74 Å². The zero-order valence-electron chi connectivity index (χ0n) is 14.5. The SMILES string of the molecule is COc1ccc2c(c1)nnn2-c1cc(Cc2ccco2)nc(S(C)(=O)=O)n1. The highest BCUT2D eigenvalue weighted by Crippen LogP contribution is 2.22. The predicted molar refractivity (Wildman–Crippen MR) is 95.6 cm³/mol. The molecular weight excluding hydrogens is 370 g/mol. The molecule has 9 nitrogen and oxygen atoms in total. The molecule has 0 atom stereocenters. The number of hydrogen-bond acceptors (Lipinski definition) is 8. The van der Waals surface area contributed by atoms with Crippen molar-refractivity contribution in [1.82, 2.24) is 25.0 Å². The molecule has 1 aromatic carbocycles. The minimum absolute atomic E-state index is 0.279. The van der Waals surface area contributed by atoms with Gasteiger partial charge in [0.1, 0.15) is 17.0 Å². The lowest BCUT2D eigenvalue weighted by molar-refractivity contribution is 0.415. The summed E-state index contributed by atoms with van der Waals surface area (Å²) in [5, 5.41) is 7.93. The van der Waals surface area contributed by atoms with Crippen LogP contribution in [0.1, 0.15) is 11.5 Å². The molecule has 3 heterocycles. The van der Waals surface area contributed by atoms with Crippen molar-refractivity contribution in [3.05, 3.63) is 54.1 Å². The Morgan fingerprint density at radius 3 is 2.74 bits per heavy atom. The third kappa shape index (κ3) is 3.38.